The van der Waals surface area contributed by atoms with E-state index in [0.29, 0.717) is 83.7 Å². The SMILES string of the molecule is CC(C)NS(=O)(=O)c1cccc(Cc2nc(Nc3ccc(N4CCN(C)CC4)cc3)nc3ccccc23)c1.CN1CCN(c2ccc(Nc3ncc(C(=O)O)c(Cc4cccc(S(=O)(=O)NC(C)(C)C)c4)n3)cc2)CC1.COc1cc(Cc2nc(Nc3ccc(N4CCN(C)CC4)cc3)ncc2C(=O)O)ccc1Cl.Cc1cnc(Nc2ccc(N3CCN(C)CC3)cc2)nc1Cc1cccc(CC(=O)CC(C)C)c1. The van der Waals surface area contributed by atoms with E-state index in [-0.39, 0.29) is 45.0 Å². The topological polar surface area (TPSA) is 370 Å². The van der Waals surface area contributed by atoms with Crippen LogP contribution in [0.25, 0.3) is 10.9 Å². The molecule has 756 valence electrons. The number of carboxylic acid groups (broad SMARTS) is 2. The Kier molecular flexibility index (Phi) is 36.2. The van der Waals surface area contributed by atoms with E-state index in [9.17, 15) is 41.4 Å². The van der Waals surface area contributed by atoms with Crippen molar-refractivity contribution in [3.8, 4) is 5.75 Å². The third kappa shape index (κ3) is 30.7. The first-order valence-corrected chi connectivity index (χ1v) is 51.9. The highest BCUT2D eigenvalue weighted by Gasteiger charge is 2.27. The second-order valence-electron chi connectivity index (χ2n) is 38.6. The van der Waals surface area contributed by atoms with Crippen molar-refractivity contribution in [2.45, 2.75) is 115 Å². The maximum Gasteiger partial charge on any atom is 0.339 e. The lowest BCUT2D eigenvalue weighted by Crippen LogP contribution is -2.44. The van der Waals surface area contributed by atoms with Gasteiger partial charge in [-0.15, -0.1) is 0 Å². The lowest BCUT2D eigenvalue weighted by Gasteiger charge is -2.34. The van der Waals surface area contributed by atoms with Crippen molar-refractivity contribution in [2.24, 2.45) is 5.92 Å². The predicted molar refractivity (Wildman–Crippen MR) is 574 cm³/mol. The molecule has 4 saturated heterocycles. The van der Waals surface area contributed by atoms with Gasteiger partial charge in [0.15, 0.2) is 0 Å². The van der Waals surface area contributed by atoms with Crippen LogP contribution in [-0.2, 0) is 56.9 Å². The lowest BCUT2D eigenvalue weighted by atomic mass is 9.98. The quantitative estimate of drug-likeness (QED) is 0.0194. The third-order valence-corrected chi connectivity index (χ3v) is 28.6. The van der Waals surface area contributed by atoms with Gasteiger partial charge in [0.1, 0.15) is 11.5 Å². The number of nitrogens with zero attached hydrogens (tertiary/aromatic N) is 16. The number of anilines is 12. The predicted octanol–water partition coefficient (Wildman–Crippen LogP) is 16.7. The van der Waals surface area contributed by atoms with E-state index in [4.69, 9.17) is 31.3 Å². The van der Waals surface area contributed by atoms with E-state index >= 15 is 0 Å². The highest BCUT2D eigenvalue weighted by Crippen LogP contribution is 2.33. The number of ether oxygens (including phenoxy) is 1. The van der Waals surface area contributed by atoms with Crippen molar-refractivity contribution < 1.29 is 46.2 Å². The van der Waals surface area contributed by atoms with Gasteiger partial charge in [-0.25, -0.2) is 75.7 Å². The molecule has 32 nitrogen and oxygen atoms in total. The van der Waals surface area contributed by atoms with Gasteiger partial charge in [0.05, 0.1) is 61.3 Å². The van der Waals surface area contributed by atoms with Gasteiger partial charge >= 0.3 is 11.9 Å². The summed E-state index contributed by atoms with van der Waals surface area (Å²) in [6.07, 6.45) is 7.20. The van der Waals surface area contributed by atoms with Crippen LogP contribution in [0.1, 0.15) is 132 Å². The molecule has 144 heavy (non-hydrogen) atoms. The van der Waals surface area contributed by atoms with Crippen LogP contribution in [0.5, 0.6) is 5.75 Å². The number of carbonyl (C=O) groups is 3. The fourth-order valence-corrected chi connectivity index (χ4v) is 20.1. The summed E-state index contributed by atoms with van der Waals surface area (Å²) in [7, 11) is 2.80. The largest absolute Gasteiger partial charge is 0.495 e. The minimum absolute atomic E-state index is 0.0398. The average Bonchev–Trinajstić information content (AvgIpc) is 0.790. The molecule has 0 spiro atoms. The first-order chi connectivity index (χ1) is 68.9. The third-order valence-electron chi connectivity index (χ3n) is 24.9. The van der Waals surface area contributed by atoms with Crippen LogP contribution in [0, 0.1) is 12.8 Å². The van der Waals surface area contributed by atoms with Crippen LogP contribution in [0.15, 0.2) is 241 Å². The summed E-state index contributed by atoms with van der Waals surface area (Å²) >= 11 is 6.10. The van der Waals surface area contributed by atoms with E-state index in [1.54, 1.807) is 63.2 Å². The molecule has 8 heterocycles. The number of sulfonamides is 2. The summed E-state index contributed by atoms with van der Waals surface area (Å²) in [5, 5.41) is 33.8. The smallest absolute Gasteiger partial charge is 0.339 e. The average molecular weight is 2010 g/mol. The van der Waals surface area contributed by atoms with Crippen molar-refractivity contribution in [3.05, 3.63) is 303 Å². The van der Waals surface area contributed by atoms with Gasteiger partial charge in [0, 0.05) is 224 Å². The summed E-state index contributed by atoms with van der Waals surface area (Å²) < 4.78 is 61.5. The minimum atomic E-state index is -3.74. The van der Waals surface area contributed by atoms with Crippen LogP contribution in [0.3, 0.4) is 0 Å². The van der Waals surface area contributed by atoms with E-state index < -0.39 is 37.5 Å². The molecule has 0 saturated carbocycles. The molecule has 0 aliphatic carbocycles. The molecule has 0 radical (unpaired) electrons. The number of aromatic carboxylic acids is 2. The zero-order valence-corrected chi connectivity index (χ0v) is 86.5. The van der Waals surface area contributed by atoms with Gasteiger partial charge in [0.25, 0.3) is 0 Å². The fourth-order valence-electron chi connectivity index (χ4n) is 17.1. The van der Waals surface area contributed by atoms with Gasteiger partial charge in [0.2, 0.25) is 43.8 Å². The maximum atomic E-state index is 12.8. The van der Waals surface area contributed by atoms with Gasteiger partial charge < -0.3 is 75.4 Å². The van der Waals surface area contributed by atoms with Gasteiger partial charge in [-0.1, -0.05) is 98.2 Å². The Morgan fingerprint density at radius 2 is 0.771 bits per heavy atom. The second kappa shape index (κ2) is 49.1. The number of aromatic nitrogens is 8. The summed E-state index contributed by atoms with van der Waals surface area (Å²) in [5.74, 6) is 0.689. The molecular weight excluding hydrogens is 1880 g/mol. The molecule has 13 aromatic rings. The van der Waals surface area contributed by atoms with E-state index in [0.717, 1.165) is 183 Å². The molecule has 0 bridgehead atoms. The van der Waals surface area contributed by atoms with Crippen molar-refractivity contribution >= 4 is 130 Å². The number of carboxylic acids is 2. The van der Waals surface area contributed by atoms with Crippen molar-refractivity contribution in [1.82, 2.24) is 68.9 Å². The van der Waals surface area contributed by atoms with Gasteiger partial charge in [-0.2, -0.15) is 0 Å². The zero-order chi connectivity index (χ0) is 102. The highest BCUT2D eigenvalue weighted by molar-refractivity contribution is 7.89. The molecule has 35 heteroatoms. The van der Waals surface area contributed by atoms with Crippen LogP contribution < -0.4 is 55.0 Å². The number of Topliss-reactive ketones (excluding diaryl/α,β-unsaturated/α-hetero) is 1. The second-order valence-corrected chi connectivity index (χ2v) is 42.4. The Balaban J connectivity index is 0.000000152. The summed E-state index contributed by atoms with van der Waals surface area (Å²) in [5.41, 5.74) is 16.6. The Morgan fingerprint density at radius 1 is 0.410 bits per heavy atom. The number of likely N-dealkylation sites (N-methyl/N-ethyl adjacent to an activating group) is 4. The molecule has 0 atom stereocenters. The molecule has 0 amide bonds. The number of hydrogen-bond donors (Lipinski definition) is 8. The normalized spacial score (nSPS) is 14.6. The summed E-state index contributed by atoms with van der Waals surface area (Å²) in [6.45, 7) is 31.7. The highest BCUT2D eigenvalue weighted by atomic mass is 35.5. The van der Waals surface area contributed by atoms with Crippen LogP contribution in [0.4, 0.5) is 69.3 Å². The number of carbonyl (C=O) groups excluding carboxylic acids is 1. The Bertz CT molecular complexity index is 6800. The maximum absolute atomic E-state index is 12.8. The fraction of sp³-hybridized carbons (Fsp3) is 0.349. The van der Waals surface area contributed by atoms with Crippen molar-refractivity contribution in [2.75, 3.05) is 181 Å². The van der Waals surface area contributed by atoms with Gasteiger partial charge in [-0.3, -0.25) is 4.79 Å². The molecular formula is C109H131ClN22O10S2. The number of fused-ring (bicyclic) bond motifs is 1. The molecule has 4 aliphatic heterocycles. The van der Waals surface area contributed by atoms with Crippen LogP contribution >= 0.6 is 11.6 Å². The minimum Gasteiger partial charge on any atom is -0.495 e. The summed E-state index contributed by atoms with van der Waals surface area (Å²) in [4.78, 5) is 91.3. The molecule has 4 aromatic heterocycles. The first-order valence-electron chi connectivity index (χ1n) is 48.6. The lowest BCUT2D eigenvalue weighted by molar-refractivity contribution is -0.119. The Hall–Kier alpha value is -13.7. The molecule has 4 fully saturated rings. The number of halogens is 1. The van der Waals surface area contributed by atoms with E-state index in [2.05, 4.69) is 210 Å². The molecule has 4 aliphatic rings. The Labute approximate surface area is 850 Å². The molecule has 0 unspecified atom stereocenters. The monoisotopic (exact) mass is 2010 g/mol. The first kappa shape index (κ1) is 106. The van der Waals surface area contributed by atoms with Gasteiger partial charge in [-0.05, 0) is 249 Å². The van der Waals surface area contributed by atoms with Crippen molar-refractivity contribution in [1.29, 1.82) is 0 Å². The number of para-hydroxylation sites is 1. The van der Waals surface area contributed by atoms with Crippen molar-refractivity contribution in [3.63, 3.8) is 0 Å². The standard InChI is InChI=1S/C29H34N6O2S.C29H37N5O.C27H34N6O4S.C24H26ClN5O3/c1-21(2)33-38(36,37)25-8-6-7-22(19-25)20-28-26-9-4-5-10-27(26)31-29(32-28)30-23-11-13-24(14-12-23)35-17-15-34(3)16-18-35;1-21(2)16-27(35)18-23-6-5-7-24(17-23)19-28-22(3)20-30-29(32-28)31-25-8-10-26(11-9-25)34-14-12-33(4)13-15-34;1-27(2,3)31-38(36,37)22-7-5-6-19(16-22)17-24-23(25(34)35)18-28-26(30-24)29-20-8-10-21(11-9-20)33-14-12-32(4)13-15-33;1-29-9-11-30(12-10-29)18-6-4-17(5-7-18)27-24-26-15-19(23(31)32)21(28-24)13-16-3-8-20(25)22(14-16)33-2/h4-14,19,21,33H,15-18,20H2,1-3H3,(H,30,31,32);5-11,17,20-21H,12-16,18-19H2,1-4H3,(H,30,31,32);5-11,16,18,31H,12-15,17H2,1-4H3,(H,34,35)(H,28,29,30);3-8,14-15H,9-13H2,1-2H3,(H,31,32)(H,26,27,28). The number of benzene rings is 9. The number of hydrogen-bond acceptors (Lipinski definition) is 28. The number of rotatable bonds is 32. The van der Waals surface area contributed by atoms with E-state index in [1.165, 1.54) is 48.7 Å². The number of methoxy groups -OCH3 is 1. The number of ketones is 1. The van der Waals surface area contributed by atoms with Crippen LogP contribution in [0.2, 0.25) is 5.02 Å². The summed E-state index contributed by atoms with van der Waals surface area (Å²) in [6, 6.07) is 67.7. The number of piperazine rings is 4. The van der Waals surface area contributed by atoms with Crippen LogP contribution in [-0.4, -0.2) is 256 Å². The molecule has 9 aromatic carbocycles. The zero-order valence-electron chi connectivity index (χ0n) is 84.2. The van der Waals surface area contributed by atoms with E-state index in [1.807, 2.05) is 112 Å². The number of aryl methyl sites for hydroxylation is 1. The molecule has 17 rings (SSSR count). The Morgan fingerprint density at radius 3 is 1.18 bits per heavy atom. The number of nitrogens with one attached hydrogen (secondary N) is 6. The molecule has 8 N–H and O–H groups in total.